The summed E-state index contributed by atoms with van der Waals surface area (Å²) >= 11 is 1.62. The van der Waals surface area contributed by atoms with E-state index >= 15 is 0 Å². The third-order valence-corrected chi connectivity index (χ3v) is 5.60. The van der Waals surface area contributed by atoms with Crippen LogP contribution in [-0.2, 0) is 4.79 Å². The molecule has 1 fully saturated rings. The minimum Gasteiger partial charge on any atom is -0.338 e. The molecule has 0 saturated carbocycles. The van der Waals surface area contributed by atoms with E-state index in [0.717, 1.165) is 47.5 Å². The van der Waals surface area contributed by atoms with Gasteiger partial charge < -0.3 is 10.2 Å². The van der Waals surface area contributed by atoms with Gasteiger partial charge >= 0.3 is 0 Å². The van der Waals surface area contributed by atoms with Crippen molar-refractivity contribution < 1.29 is 4.79 Å². The lowest BCUT2D eigenvalue weighted by Gasteiger charge is -2.32. The molecule has 1 aliphatic heterocycles. The van der Waals surface area contributed by atoms with E-state index in [4.69, 9.17) is 0 Å². The molecule has 1 N–H and O–H groups in total. The first-order valence-corrected chi connectivity index (χ1v) is 9.66. The maximum Gasteiger partial charge on any atom is 0.248 e. The van der Waals surface area contributed by atoms with Crippen molar-refractivity contribution in [3.8, 4) is 0 Å². The highest BCUT2D eigenvalue weighted by Gasteiger charge is 2.26. The second-order valence-electron chi connectivity index (χ2n) is 6.88. The summed E-state index contributed by atoms with van der Waals surface area (Å²) in [5.41, 5.74) is 2.59. The lowest BCUT2D eigenvalue weighted by molar-refractivity contribution is -0.128. The highest BCUT2D eigenvalue weighted by molar-refractivity contribution is 7.15. The lowest BCUT2D eigenvalue weighted by Crippen LogP contribution is -2.39. The number of nitrogens with one attached hydrogen (secondary N) is 1. The smallest absolute Gasteiger partial charge is 0.248 e. The number of carbonyl (C=O) groups is 1. The van der Waals surface area contributed by atoms with Gasteiger partial charge in [0.15, 0.2) is 5.13 Å². The summed E-state index contributed by atoms with van der Waals surface area (Å²) < 4.78 is 0. The average molecular weight is 372 g/mol. The fourth-order valence-electron chi connectivity index (χ4n) is 3.17. The molecular formula is C19H25N5OS. The summed E-state index contributed by atoms with van der Waals surface area (Å²) in [7, 11) is 0. The largest absolute Gasteiger partial charge is 0.338 e. The lowest BCUT2D eigenvalue weighted by atomic mass is 9.94. The number of anilines is 2. The van der Waals surface area contributed by atoms with Gasteiger partial charge in [-0.1, -0.05) is 6.58 Å². The summed E-state index contributed by atoms with van der Waals surface area (Å²) in [6, 6.07) is 1.98. The quantitative estimate of drug-likeness (QED) is 0.826. The Morgan fingerprint density at radius 1 is 1.31 bits per heavy atom. The van der Waals surface area contributed by atoms with Crippen LogP contribution in [0.15, 0.2) is 18.2 Å². The molecule has 1 aliphatic rings. The van der Waals surface area contributed by atoms with E-state index in [2.05, 4.69) is 33.8 Å². The first-order valence-electron chi connectivity index (χ1n) is 8.85. The molecule has 1 amide bonds. The summed E-state index contributed by atoms with van der Waals surface area (Å²) in [5.74, 6) is 1.73. The Kier molecular flexibility index (Phi) is 5.36. The van der Waals surface area contributed by atoms with Crippen LogP contribution in [0.3, 0.4) is 0 Å². The van der Waals surface area contributed by atoms with Gasteiger partial charge in [-0.3, -0.25) is 4.79 Å². The van der Waals surface area contributed by atoms with E-state index in [1.807, 2.05) is 24.8 Å². The molecule has 26 heavy (non-hydrogen) atoms. The standard InChI is InChI=1S/C19H25N5OS/c1-11(2)18(25)24-8-6-7-15(10-24)16-9-17(22-14(5)21-16)23-19-20-12(3)13(4)26-19/h9,15H,1,6-8,10H2,2-5H3,(H,20,21,22,23). The Hall–Kier alpha value is -2.28. The van der Waals surface area contributed by atoms with E-state index in [-0.39, 0.29) is 11.8 Å². The maximum atomic E-state index is 12.3. The number of carbonyl (C=O) groups excluding carboxylic acids is 1. The first-order chi connectivity index (χ1) is 12.3. The molecule has 0 radical (unpaired) electrons. The van der Waals surface area contributed by atoms with E-state index in [1.54, 1.807) is 18.3 Å². The molecule has 0 aliphatic carbocycles. The van der Waals surface area contributed by atoms with Crippen molar-refractivity contribution in [2.75, 3.05) is 18.4 Å². The van der Waals surface area contributed by atoms with Gasteiger partial charge in [-0.2, -0.15) is 0 Å². The summed E-state index contributed by atoms with van der Waals surface area (Å²) in [6.45, 7) is 13.0. The molecule has 0 spiro atoms. The summed E-state index contributed by atoms with van der Waals surface area (Å²) in [5, 5.41) is 4.14. The summed E-state index contributed by atoms with van der Waals surface area (Å²) in [6.07, 6.45) is 1.99. The Labute approximate surface area is 158 Å². The van der Waals surface area contributed by atoms with Crippen LogP contribution >= 0.6 is 11.3 Å². The van der Waals surface area contributed by atoms with Crippen molar-refractivity contribution in [3.05, 3.63) is 40.3 Å². The van der Waals surface area contributed by atoms with Crippen molar-refractivity contribution in [3.63, 3.8) is 0 Å². The van der Waals surface area contributed by atoms with E-state index < -0.39 is 0 Å². The second kappa shape index (κ2) is 7.53. The predicted octanol–water partition coefficient (Wildman–Crippen LogP) is 3.88. The monoisotopic (exact) mass is 371 g/mol. The molecule has 1 unspecified atom stereocenters. The number of piperidine rings is 1. The number of aromatic nitrogens is 3. The SMILES string of the molecule is C=C(C)C(=O)N1CCCC(c2cc(Nc3nc(C)c(C)s3)nc(C)n2)C1. The molecule has 6 nitrogen and oxygen atoms in total. The van der Waals surface area contributed by atoms with E-state index in [1.165, 1.54) is 4.88 Å². The topological polar surface area (TPSA) is 71.0 Å². The Balaban J connectivity index is 1.80. The van der Waals surface area contributed by atoms with Crippen LogP contribution in [0.1, 0.15) is 47.8 Å². The summed E-state index contributed by atoms with van der Waals surface area (Å²) in [4.78, 5) is 29.0. The van der Waals surface area contributed by atoms with Gasteiger partial charge in [0.05, 0.1) is 11.4 Å². The van der Waals surface area contributed by atoms with Gasteiger partial charge in [-0.05, 0) is 40.5 Å². The Morgan fingerprint density at radius 2 is 2.08 bits per heavy atom. The van der Waals surface area contributed by atoms with Gasteiger partial charge in [0, 0.05) is 35.5 Å². The molecule has 2 aromatic heterocycles. The molecule has 3 heterocycles. The number of hydrogen-bond donors (Lipinski definition) is 1. The van der Waals surface area contributed by atoms with Crippen LogP contribution < -0.4 is 5.32 Å². The van der Waals surface area contributed by atoms with Crippen molar-refractivity contribution >= 4 is 28.2 Å². The normalized spacial score (nSPS) is 17.2. The van der Waals surface area contributed by atoms with Crippen LogP contribution in [0.2, 0.25) is 0 Å². The van der Waals surface area contributed by atoms with Crippen LogP contribution in [0.5, 0.6) is 0 Å². The minimum absolute atomic E-state index is 0.0348. The molecule has 1 atom stereocenters. The molecule has 0 bridgehead atoms. The predicted molar refractivity (Wildman–Crippen MR) is 105 cm³/mol. The number of likely N-dealkylation sites (tertiary alicyclic amines) is 1. The Bertz CT molecular complexity index is 825. The van der Waals surface area contributed by atoms with Crippen LogP contribution in [0.4, 0.5) is 10.9 Å². The third kappa shape index (κ3) is 4.09. The fourth-order valence-corrected chi connectivity index (χ4v) is 3.99. The number of aryl methyl sites for hydroxylation is 3. The maximum absolute atomic E-state index is 12.3. The van der Waals surface area contributed by atoms with Crippen LogP contribution in [-0.4, -0.2) is 38.8 Å². The van der Waals surface area contributed by atoms with Crippen molar-refractivity contribution in [1.82, 2.24) is 19.9 Å². The van der Waals surface area contributed by atoms with Crippen molar-refractivity contribution in [2.45, 2.75) is 46.5 Å². The van der Waals surface area contributed by atoms with Crippen molar-refractivity contribution in [1.29, 1.82) is 0 Å². The third-order valence-electron chi connectivity index (χ3n) is 4.61. The van der Waals surface area contributed by atoms with Gasteiger partial charge in [0.25, 0.3) is 0 Å². The van der Waals surface area contributed by atoms with E-state index in [0.29, 0.717) is 12.1 Å². The van der Waals surface area contributed by atoms with Crippen LogP contribution in [0, 0.1) is 20.8 Å². The molecule has 3 rings (SSSR count). The molecule has 2 aromatic rings. The van der Waals surface area contributed by atoms with Crippen LogP contribution in [0.25, 0.3) is 0 Å². The van der Waals surface area contributed by atoms with Gasteiger partial charge in [-0.15, -0.1) is 11.3 Å². The number of nitrogens with zero attached hydrogens (tertiary/aromatic N) is 4. The number of rotatable bonds is 4. The van der Waals surface area contributed by atoms with E-state index in [9.17, 15) is 4.79 Å². The van der Waals surface area contributed by atoms with Gasteiger partial charge in [-0.25, -0.2) is 15.0 Å². The average Bonchev–Trinajstić information content (AvgIpc) is 2.91. The number of hydrogen-bond acceptors (Lipinski definition) is 6. The number of thiazole rings is 1. The zero-order valence-corrected chi connectivity index (χ0v) is 16.6. The second-order valence-corrected chi connectivity index (χ2v) is 8.08. The Morgan fingerprint density at radius 3 is 2.73 bits per heavy atom. The molecule has 1 saturated heterocycles. The highest BCUT2D eigenvalue weighted by atomic mass is 32.1. The van der Waals surface area contributed by atoms with Gasteiger partial charge in [0.2, 0.25) is 5.91 Å². The minimum atomic E-state index is 0.0348. The van der Waals surface area contributed by atoms with Crippen molar-refractivity contribution in [2.24, 2.45) is 0 Å². The molecule has 0 aromatic carbocycles. The van der Waals surface area contributed by atoms with Gasteiger partial charge in [0.1, 0.15) is 11.6 Å². The first kappa shape index (κ1) is 18.5. The molecule has 138 valence electrons. The molecular weight excluding hydrogens is 346 g/mol. The zero-order chi connectivity index (χ0) is 18.8. The number of amides is 1. The molecule has 7 heteroatoms. The highest BCUT2D eigenvalue weighted by Crippen LogP contribution is 2.29. The zero-order valence-electron chi connectivity index (χ0n) is 15.8. The fraction of sp³-hybridized carbons (Fsp3) is 0.474.